The summed E-state index contributed by atoms with van der Waals surface area (Å²) in [6.45, 7) is 0. The minimum absolute atomic E-state index is 0.166. The number of aromatic nitrogens is 5. The van der Waals surface area contributed by atoms with Crippen LogP contribution < -0.4 is 9.46 Å². The Morgan fingerprint density at radius 1 is 1.42 bits per heavy atom. The molecule has 2 aromatic heterocycles. The smallest absolute Gasteiger partial charge is 0.260 e. The third-order valence-corrected chi connectivity index (χ3v) is 5.28. The van der Waals surface area contributed by atoms with E-state index in [1.54, 1.807) is 6.08 Å². The molecule has 2 aromatic rings. The second-order valence-electron chi connectivity index (χ2n) is 4.62. The van der Waals surface area contributed by atoms with Gasteiger partial charge in [-0.1, -0.05) is 29.3 Å². The molecule has 11 heteroatoms. The van der Waals surface area contributed by atoms with Gasteiger partial charge in [0.15, 0.2) is 16.8 Å². The van der Waals surface area contributed by atoms with Gasteiger partial charge in [0, 0.05) is 5.03 Å². The number of nitrogens with zero attached hydrogens (tertiary/aromatic N) is 5. The fraction of sp³-hybridized carbons (Fsp3) is 0.231. The van der Waals surface area contributed by atoms with E-state index in [9.17, 15) is 4.21 Å². The summed E-state index contributed by atoms with van der Waals surface area (Å²) in [5.41, 5.74) is 0. The lowest BCUT2D eigenvalue weighted by atomic mass is 10.2. The molecule has 1 N–H and O–H groups in total. The molecule has 0 radical (unpaired) electrons. The Kier molecular flexibility index (Phi) is 5.12. The average Bonchev–Trinajstić information content (AvgIpc) is 3.12. The fourth-order valence-electron chi connectivity index (χ4n) is 1.98. The van der Waals surface area contributed by atoms with Crippen LogP contribution >= 0.6 is 23.2 Å². The predicted octanol–water partition coefficient (Wildman–Crippen LogP) is 2.51. The number of anilines is 1. The molecule has 126 valence electrons. The summed E-state index contributed by atoms with van der Waals surface area (Å²) in [7, 11) is -0.206. The van der Waals surface area contributed by atoms with Gasteiger partial charge in [-0.3, -0.25) is 4.72 Å². The Morgan fingerprint density at radius 3 is 2.96 bits per heavy atom. The van der Waals surface area contributed by atoms with E-state index < -0.39 is 11.0 Å². The molecule has 0 spiro atoms. The summed E-state index contributed by atoms with van der Waals surface area (Å²) in [5, 5.41) is 4.75. The number of rotatable bonds is 5. The summed E-state index contributed by atoms with van der Waals surface area (Å²) in [6, 6.07) is 0. The first kappa shape index (κ1) is 16.9. The first-order chi connectivity index (χ1) is 11.6. The maximum absolute atomic E-state index is 12.5. The maximum atomic E-state index is 12.5. The molecule has 1 aliphatic rings. The van der Waals surface area contributed by atoms with Crippen molar-refractivity contribution in [2.45, 2.75) is 12.8 Å². The van der Waals surface area contributed by atoms with Crippen LogP contribution in [0.3, 0.4) is 0 Å². The second kappa shape index (κ2) is 7.29. The fourth-order valence-corrected chi connectivity index (χ4v) is 3.61. The van der Waals surface area contributed by atoms with Crippen LogP contribution in [0.2, 0.25) is 0 Å². The Labute approximate surface area is 150 Å². The average molecular weight is 387 g/mol. The van der Waals surface area contributed by atoms with Crippen molar-refractivity contribution in [2.24, 2.45) is 0 Å². The van der Waals surface area contributed by atoms with Crippen LogP contribution in [-0.2, 0) is 11.0 Å². The van der Waals surface area contributed by atoms with Crippen LogP contribution in [0.4, 0.5) is 5.82 Å². The van der Waals surface area contributed by atoms with Crippen LogP contribution in [-0.4, -0.2) is 36.1 Å². The first-order valence-corrected chi connectivity index (χ1v) is 8.70. The molecule has 0 saturated heterocycles. The Bertz CT molecular complexity index is 837. The zero-order valence-electron chi connectivity index (χ0n) is 12.4. The summed E-state index contributed by atoms with van der Waals surface area (Å²) in [5.74, 6) is 0.796. The van der Waals surface area contributed by atoms with Gasteiger partial charge in [0.25, 0.3) is 5.88 Å². The molecule has 0 aromatic carbocycles. The van der Waals surface area contributed by atoms with Gasteiger partial charge < -0.3 is 4.74 Å². The van der Waals surface area contributed by atoms with Crippen LogP contribution in [0, 0.1) is 0 Å². The Hall–Kier alpha value is -1.97. The van der Waals surface area contributed by atoms with Gasteiger partial charge in [-0.25, -0.2) is 18.9 Å². The van der Waals surface area contributed by atoms with Gasteiger partial charge in [-0.05, 0) is 12.8 Å². The molecule has 0 bridgehead atoms. The van der Waals surface area contributed by atoms with Gasteiger partial charge >= 0.3 is 0 Å². The zero-order chi connectivity index (χ0) is 17.1. The summed E-state index contributed by atoms with van der Waals surface area (Å²) in [4.78, 5) is 12.7. The molecule has 2 heterocycles. The molecule has 24 heavy (non-hydrogen) atoms. The second-order valence-corrected chi connectivity index (χ2v) is 6.64. The number of methoxy groups -OCH3 is 1. The number of nitrogens with one attached hydrogen (secondary N) is 1. The van der Waals surface area contributed by atoms with E-state index in [-0.39, 0.29) is 11.7 Å². The molecule has 8 nitrogen and oxygen atoms in total. The number of hydrogen-bond acceptors (Lipinski definition) is 6. The molecular formula is C13H12Cl2N6O2S. The maximum Gasteiger partial charge on any atom is 0.260 e. The van der Waals surface area contributed by atoms with E-state index in [1.165, 1.54) is 30.6 Å². The van der Waals surface area contributed by atoms with E-state index in [4.69, 9.17) is 27.9 Å². The van der Waals surface area contributed by atoms with Gasteiger partial charge in [-0.15, -0.1) is 0 Å². The molecular weight excluding hydrogens is 375 g/mol. The van der Waals surface area contributed by atoms with E-state index in [0.29, 0.717) is 33.6 Å². The highest BCUT2D eigenvalue weighted by Gasteiger charge is 2.20. The molecule has 3 rings (SSSR count). The van der Waals surface area contributed by atoms with Crippen molar-refractivity contribution in [3.63, 3.8) is 0 Å². The molecule has 1 aliphatic carbocycles. The topological polar surface area (TPSA) is 94.8 Å². The lowest BCUT2D eigenvalue weighted by Gasteiger charge is -2.15. The highest BCUT2D eigenvalue weighted by Crippen LogP contribution is 2.33. The zero-order valence-corrected chi connectivity index (χ0v) is 14.8. The third-order valence-electron chi connectivity index (χ3n) is 3.11. The number of allylic oxidation sites excluding steroid dienone is 3. The minimum atomic E-state index is -1.64. The van der Waals surface area contributed by atoms with E-state index >= 15 is 0 Å². The van der Waals surface area contributed by atoms with Gasteiger partial charge in [-0.2, -0.15) is 10.1 Å². The van der Waals surface area contributed by atoms with Gasteiger partial charge in [0.1, 0.15) is 12.7 Å². The highest BCUT2D eigenvalue weighted by molar-refractivity contribution is 7.90. The minimum Gasteiger partial charge on any atom is -0.478 e. The SMILES string of the molecule is COc1nc(-n2cncn2)cnc1NS(=O)C1=CCCC(Cl)=C1Cl. The van der Waals surface area contributed by atoms with Crippen molar-refractivity contribution in [1.29, 1.82) is 0 Å². The monoisotopic (exact) mass is 386 g/mol. The Morgan fingerprint density at radius 2 is 2.25 bits per heavy atom. The number of ether oxygens (including phenoxy) is 1. The van der Waals surface area contributed by atoms with Crippen LogP contribution in [0.25, 0.3) is 5.82 Å². The molecule has 0 fully saturated rings. The summed E-state index contributed by atoms with van der Waals surface area (Å²) in [6.07, 6.45) is 7.40. The van der Waals surface area contributed by atoms with Crippen molar-refractivity contribution in [3.05, 3.63) is 39.9 Å². The summed E-state index contributed by atoms with van der Waals surface area (Å²) < 4.78 is 21.9. The van der Waals surface area contributed by atoms with Crippen molar-refractivity contribution in [3.8, 4) is 11.7 Å². The molecule has 0 aliphatic heterocycles. The third kappa shape index (κ3) is 3.42. The van der Waals surface area contributed by atoms with Crippen molar-refractivity contribution in [2.75, 3.05) is 11.8 Å². The van der Waals surface area contributed by atoms with E-state index in [0.717, 1.165) is 0 Å². The van der Waals surface area contributed by atoms with Crippen molar-refractivity contribution >= 4 is 40.0 Å². The Balaban J connectivity index is 1.85. The molecule has 0 amide bonds. The van der Waals surface area contributed by atoms with Crippen LogP contribution in [0.15, 0.2) is 39.9 Å². The molecule has 1 unspecified atom stereocenters. The number of hydrogen-bond donors (Lipinski definition) is 1. The lowest BCUT2D eigenvalue weighted by molar-refractivity contribution is 0.397. The lowest BCUT2D eigenvalue weighted by Crippen LogP contribution is -2.13. The molecule has 1 atom stereocenters. The first-order valence-electron chi connectivity index (χ1n) is 6.79. The standard InChI is InChI=1S/C13H12Cl2N6O2S/c1-23-13-12(17-5-10(19-13)21-7-16-6-18-21)20-24(22)9-4-2-3-8(14)11(9)15/h4-7H,2-3H2,1H3,(H,17,20). The number of halogens is 2. The van der Waals surface area contributed by atoms with Gasteiger partial charge in [0.2, 0.25) is 5.82 Å². The van der Waals surface area contributed by atoms with E-state index in [1.807, 2.05) is 0 Å². The van der Waals surface area contributed by atoms with Crippen molar-refractivity contribution in [1.82, 2.24) is 24.7 Å². The van der Waals surface area contributed by atoms with Gasteiger partial charge in [0.05, 0.1) is 23.2 Å². The highest BCUT2D eigenvalue weighted by atomic mass is 35.5. The largest absolute Gasteiger partial charge is 0.478 e. The van der Waals surface area contributed by atoms with Crippen molar-refractivity contribution < 1.29 is 8.95 Å². The van der Waals surface area contributed by atoms with Crippen LogP contribution in [0.1, 0.15) is 12.8 Å². The predicted molar refractivity (Wildman–Crippen MR) is 91.3 cm³/mol. The van der Waals surface area contributed by atoms with E-state index in [2.05, 4.69) is 24.8 Å². The quantitative estimate of drug-likeness (QED) is 0.847. The normalized spacial score (nSPS) is 15.9. The summed E-state index contributed by atoms with van der Waals surface area (Å²) >= 11 is 12.1. The van der Waals surface area contributed by atoms with Crippen LogP contribution in [0.5, 0.6) is 5.88 Å². The molecule has 0 saturated carbocycles.